The Morgan fingerprint density at radius 3 is 2.72 bits per heavy atom. The maximum Gasteiger partial charge on any atom is 0.345 e. The van der Waals surface area contributed by atoms with Crippen molar-refractivity contribution in [2.75, 3.05) is 7.05 Å². The minimum absolute atomic E-state index is 0.357. The molecule has 144 valence electrons. The van der Waals surface area contributed by atoms with Crippen LogP contribution in [-0.2, 0) is 0 Å². The van der Waals surface area contributed by atoms with Crippen LogP contribution in [0.2, 0.25) is 0 Å². The highest BCUT2D eigenvalue weighted by Gasteiger charge is 2.16. The highest BCUT2D eigenvalue weighted by Crippen LogP contribution is 2.23. The number of rotatable bonds is 4. The first kappa shape index (κ1) is 18.6. The number of fused-ring (bicyclic) bond motifs is 1. The molecule has 0 atom stereocenters. The maximum atomic E-state index is 12.7. The monoisotopic (exact) mass is 403 g/mol. The summed E-state index contributed by atoms with van der Waals surface area (Å²) in [5, 5.41) is 12.7. The van der Waals surface area contributed by atoms with Crippen molar-refractivity contribution in [1.82, 2.24) is 20.5 Å². The lowest BCUT2D eigenvalue weighted by Gasteiger charge is -2.02. The topological polar surface area (TPSA) is 84.4 Å². The summed E-state index contributed by atoms with van der Waals surface area (Å²) in [6.45, 7) is 0. The summed E-state index contributed by atoms with van der Waals surface area (Å²) < 4.78 is 7.18. The average Bonchev–Trinajstić information content (AvgIpc) is 3.17. The Bertz CT molecular complexity index is 1260. The lowest BCUT2D eigenvalue weighted by atomic mass is 10.1. The number of nitrogens with zero attached hydrogens (tertiary/aromatic N) is 3. The van der Waals surface area contributed by atoms with Gasteiger partial charge in [0.05, 0.1) is 17.5 Å². The third kappa shape index (κ3) is 3.92. The first-order chi connectivity index (χ1) is 14.2. The van der Waals surface area contributed by atoms with Crippen LogP contribution in [0, 0.1) is 0 Å². The number of hydrogen-bond acceptors (Lipinski definition) is 5. The number of hydrogen-bond donors (Lipinski definition) is 2. The Balaban J connectivity index is 1.85. The molecule has 2 N–H and O–H groups in total. The Hall–Kier alpha value is -3.78. The largest absolute Gasteiger partial charge is 0.422 e. The fourth-order valence-electron chi connectivity index (χ4n) is 2.85. The van der Waals surface area contributed by atoms with E-state index < -0.39 is 5.63 Å². The number of nitrogens with one attached hydrogen (secondary N) is 2. The molecule has 29 heavy (non-hydrogen) atoms. The highest BCUT2D eigenvalue weighted by molar-refractivity contribution is 7.80. The fraction of sp³-hybridized carbons (Fsp3) is 0.0476. The van der Waals surface area contributed by atoms with Crippen molar-refractivity contribution in [3.05, 3.63) is 82.8 Å². The molecule has 2 heterocycles. The molecular formula is C21H17N5O2S. The van der Waals surface area contributed by atoms with Crippen LogP contribution < -0.4 is 16.4 Å². The normalized spacial score (nSPS) is 11.1. The van der Waals surface area contributed by atoms with Crippen molar-refractivity contribution < 1.29 is 4.42 Å². The van der Waals surface area contributed by atoms with Crippen LogP contribution in [0.5, 0.6) is 0 Å². The van der Waals surface area contributed by atoms with Gasteiger partial charge in [-0.25, -0.2) is 9.48 Å². The van der Waals surface area contributed by atoms with Crippen LogP contribution in [0.1, 0.15) is 5.56 Å². The number of hydrazone groups is 1. The van der Waals surface area contributed by atoms with E-state index in [1.807, 2.05) is 48.5 Å². The second-order valence-electron chi connectivity index (χ2n) is 6.15. The van der Waals surface area contributed by atoms with Crippen LogP contribution in [0.3, 0.4) is 0 Å². The molecule has 2 aromatic carbocycles. The van der Waals surface area contributed by atoms with Crippen molar-refractivity contribution >= 4 is 34.5 Å². The van der Waals surface area contributed by atoms with Gasteiger partial charge >= 0.3 is 5.63 Å². The van der Waals surface area contributed by atoms with Gasteiger partial charge in [-0.05, 0) is 36.5 Å². The molecule has 0 saturated heterocycles. The van der Waals surface area contributed by atoms with Gasteiger partial charge in [0.2, 0.25) is 0 Å². The van der Waals surface area contributed by atoms with E-state index in [4.69, 9.17) is 16.6 Å². The van der Waals surface area contributed by atoms with Crippen LogP contribution >= 0.6 is 12.2 Å². The molecule has 0 unspecified atom stereocenters. The van der Waals surface area contributed by atoms with Crippen molar-refractivity contribution in [2.24, 2.45) is 5.10 Å². The molecule has 0 bridgehead atoms. The second kappa shape index (κ2) is 8.07. The van der Waals surface area contributed by atoms with E-state index in [1.54, 1.807) is 36.3 Å². The van der Waals surface area contributed by atoms with Gasteiger partial charge < -0.3 is 9.73 Å². The van der Waals surface area contributed by atoms with Crippen molar-refractivity contribution in [2.45, 2.75) is 0 Å². The average molecular weight is 403 g/mol. The predicted octanol–water partition coefficient (Wildman–Crippen LogP) is 3.07. The molecule has 0 radical (unpaired) electrons. The van der Waals surface area contributed by atoms with E-state index in [0.29, 0.717) is 27.5 Å². The van der Waals surface area contributed by atoms with E-state index in [9.17, 15) is 4.79 Å². The summed E-state index contributed by atoms with van der Waals surface area (Å²) in [6.07, 6.45) is 3.37. The first-order valence-electron chi connectivity index (χ1n) is 8.85. The van der Waals surface area contributed by atoms with Crippen LogP contribution in [0.25, 0.3) is 27.9 Å². The molecule has 0 spiro atoms. The van der Waals surface area contributed by atoms with Crippen molar-refractivity contribution in [3.63, 3.8) is 0 Å². The second-order valence-corrected chi connectivity index (χ2v) is 6.56. The van der Waals surface area contributed by atoms with Crippen LogP contribution in [0.4, 0.5) is 0 Å². The number of thiocarbonyl (C=S) groups is 1. The fourth-order valence-corrected chi connectivity index (χ4v) is 2.90. The minimum atomic E-state index is -0.463. The van der Waals surface area contributed by atoms with E-state index in [2.05, 4.69) is 20.9 Å². The van der Waals surface area contributed by atoms with E-state index in [1.165, 1.54) is 0 Å². The standard InChI is InChI=1S/C21H17N5O2S/c1-22-21(29)24-23-12-15-13-26(16-8-3-2-4-9-16)25-19(15)17-11-14-7-5-6-10-18(14)28-20(17)27/h2-13H,1H3,(H2,22,24,29)/b23-12-. The summed E-state index contributed by atoms with van der Waals surface area (Å²) in [6, 6.07) is 18.7. The zero-order valence-electron chi connectivity index (χ0n) is 15.5. The van der Waals surface area contributed by atoms with Gasteiger partial charge in [-0.3, -0.25) is 5.43 Å². The van der Waals surface area contributed by atoms with Crippen molar-refractivity contribution in [3.8, 4) is 16.9 Å². The Labute approximate surface area is 171 Å². The summed E-state index contributed by atoms with van der Waals surface area (Å²) in [7, 11) is 1.70. The molecule has 0 aliphatic rings. The zero-order valence-corrected chi connectivity index (χ0v) is 16.3. The Morgan fingerprint density at radius 2 is 1.93 bits per heavy atom. The lowest BCUT2D eigenvalue weighted by Crippen LogP contribution is -2.28. The minimum Gasteiger partial charge on any atom is -0.422 e. The molecule has 0 fully saturated rings. The number of aromatic nitrogens is 2. The molecule has 0 amide bonds. The molecule has 4 aromatic rings. The third-order valence-corrected chi connectivity index (χ3v) is 4.55. The smallest absolute Gasteiger partial charge is 0.345 e. The van der Waals surface area contributed by atoms with Gasteiger partial charge in [-0.2, -0.15) is 10.2 Å². The van der Waals surface area contributed by atoms with E-state index >= 15 is 0 Å². The molecular weight excluding hydrogens is 386 g/mol. The van der Waals surface area contributed by atoms with Crippen LogP contribution in [0.15, 0.2) is 81.2 Å². The zero-order chi connectivity index (χ0) is 20.2. The molecule has 0 aliphatic heterocycles. The predicted molar refractivity (Wildman–Crippen MR) is 117 cm³/mol. The molecule has 4 rings (SSSR count). The summed E-state index contributed by atoms with van der Waals surface area (Å²) >= 11 is 5.03. The molecule has 2 aromatic heterocycles. The van der Waals surface area contributed by atoms with Crippen molar-refractivity contribution in [1.29, 1.82) is 0 Å². The first-order valence-corrected chi connectivity index (χ1v) is 9.25. The highest BCUT2D eigenvalue weighted by atomic mass is 32.1. The summed E-state index contributed by atoms with van der Waals surface area (Å²) in [5.74, 6) is 0. The van der Waals surface area contributed by atoms with Gasteiger partial charge in [0.1, 0.15) is 11.3 Å². The molecule has 0 saturated carbocycles. The number of para-hydroxylation sites is 2. The quantitative estimate of drug-likeness (QED) is 0.236. The summed E-state index contributed by atoms with van der Waals surface area (Å²) in [4.78, 5) is 12.7. The maximum absolute atomic E-state index is 12.7. The lowest BCUT2D eigenvalue weighted by molar-refractivity contribution is 0.563. The van der Waals surface area contributed by atoms with Gasteiger partial charge in [0.15, 0.2) is 5.11 Å². The molecule has 8 heteroatoms. The van der Waals surface area contributed by atoms with Gasteiger partial charge in [-0.15, -0.1) is 0 Å². The van der Waals surface area contributed by atoms with Gasteiger partial charge in [0.25, 0.3) is 0 Å². The van der Waals surface area contributed by atoms with E-state index in [0.717, 1.165) is 11.1 Å². The molecule has 0 aliphatic carbocycles. The Kier molecular flexibility index (Phi) is 5.17. The SMILES string of the molecule is CNC(=S)N/N=C\c1cn(-c2ccccc2)nc1-c1cc2ccccc2oc1=O. The van der Waals surface area contributed by atoms with E-state index in [-0.39, 0.29) is 0 Å². The van der Waals surface area contributed by atoms with Gasteiger partial charge in [-0.1, -0.05) is 36.4 Å². The number of benzene rings is 2. The Morgan fingerprint density at radius 1 is 1.17 bits per heavy atom. The summed E-state index contributed by atoms with van der Waals surface area (Å²) in [5.41, 5.74) is 5.09. The third-order valence-electron chi connectivity index (χ3n) is 4.26. The van der Waals surface area contributed by atoms with Crippen LogP contribution in [-0.4, -0.2) is 28.2 Å². The molecule has 7 nitrogen and oxygen atoms in total. The van der Waals surface area contributed by atoms with Gasteiger partial charge in [0, 0.05) is 24.2 Å².